The highest BCUT2D eigenvalue weighted by Gasteiger charge is 2.36. The number of nitrogens with zero attached hydrogens (tertiary/aromatic N) is 3. The Bertz CT molecular complexity index is 1260. The van der Waals surface area contributed by atoms with Gasteiger partial charge in [0.1, 0.15) is 5.82 Å². The zero-order valence-corrected chi connectivity index (χ0v) is 19.7. The summed E-state index contributed by atoms with van der Waals surface area (Å²) in [7, 11) is -3.35. The number of carbonyl (C=O) groups is 1. The van der Waals surface area contributed by atoms with Crippen molar-refractivity contribution in [2.45, 2.75) is 49.5 Å². The molecule has 0 bridgehead atoms. The molecular formula is C26H29N3O3S. The molecule has 1 saturated heterocycles. The molecule has 1 aliphatic carbocycles. The maximum absolute atomic E-state index is 13.0. The number of carbonyl (C=O) groups excluding carboxylic acids is 1. The number of piperidine rings is 1. The van der Waals surface area contributed by atoms with E-state index in [0.717, 1.165) is 43.7 Å². The molecule has 0 radical (unpaired) electrons. The molecule has 1 aliphatic heterocycles. The van der Waals surface area contributed by atoms with Crippen molar-refractivity contribution in [2.75, 3.05) is 18.8 Å². The minimum absolute atomic E-state index is 0.00622. The zero-order valence-electron chi connectivity index (χ0n) is 18.9. The van der Waals surface area contributed by atoms with Gasteiger partial charge in [0, 0.05) is 37.9 Å². The van der Waals surface area contributed by atoms with Gasteiger partial charge < -0.3 is 9.47 Å². The number of aromatic nitrogens is 2. The molecular weight excluding hydrogens is 434 g/mol. The average molecular weight is 464 g/mol. The van der Waals surface area contributed by atoms with Crippen molar-refractivity contribution in [3.05, 3.63) is 83.4 Å². The lowest BCUT2D eigenvalue weighted by Crippen LogP contribution is -2.43. The van der Waals surface area contributed by atoms with Crippen LogP contribution >= 0.6 is 0 Å². The van der Waals surface area contributed by atoms with Crippen molar-refractivity contribution in [3.63, 3.8) is 0 Å². The Kier molecular flexibility index (Phi) is 5.83. The van der Waals surface area contributed by atoms with Gasteiger partial charge in [-0.3, -0.25) is 4.79 Å². The van der Waals surface area contributed by atoms with Crippen LogP contribution in [0.5, 0.6) is 0 Å². The van der Waals surface area contributed by atoms with E-state index in [1.807, 2.05) is 46.9 Å². The maximum atomic E-state index is 13.0. The molecule has 1 aromatic heterocycles. The first-order valence-corrected chi connectivity index (χ1v) is 13.2. The fraction of sp³-hybridized carbons (Fsp3) is 0.385. The highest BCUT2D eigenvalue weighted by molar-refractivity contribution is 7.91. The number of fused-ring (bicyclic) bond motifs is 1. The maximum Gasteiger partial charge on any atom is 0.230 e. The van der Waals surface area contributed by atoms with Crippen LogP contribution in [0.2, 0.25) is 0 Å². The Labute approximate surface area is 195 Å². The van der Waals surface area contributed by atoms with Gasteiger partial charge in [-0.2, -0.15) is 0 Å². The lowest BCUT2D eigenvalue weighted by atomic mass is 9.76. The molecule has 33 heavy (non-hydrogen) atoms. The second kappa shape index (κ2) is 8.78. The SMILES string of the molecule is Cc1ccc(S(=O)(=O)CCn2ccnc2C2CCN(C(=O)C3Cc4ccccc43)CC2)cc1. The minimum atomic E-state index is -3.35. The molecule has 172 valence electrons. The molecule has 0 N–H and O–H groups in total. The van der Waals surface area contributed by atoms with Crippen molar-refractivity contribution in [1.29, 1.82) is 0 Å². The van der Waals surface area contributed by atoms with Gasteiger partial charge in [0.2, 0.25) is 5.91 Å². The summed E-state index contributed by atoms with van der Waals surface area (Å²) in [6.45, 7) is 3.76. The van der Waals surface area contributed by atoms with E-state index in [1.165, 1.54) is 11.1 Å². The van der Waals surface area contributed by atoms with Crippen LogP contribution in [0.25, 0.3) is 0 Å². The standard InChI is InChI=1S/C26H29N3O3S/c1-19-6-8-22(9-7-19)33(31,32)17-16-28-15-12-27-25(28)20-10-13-29(14-11-20)26(30)24-18-21-4-2-3-5-23(21)24/h2-9,12,15,20,24H,10-11,13-14,16-18H2,1H3. The number of likely N-dealkylation sites (tertiary alicyclic amines) is 1. The Balaban J connectivity index is 1.19. The molecule has 2 heterocycles. The van der Waals surface area contributed by atoms with Gasteiger partial charge >= 0.3 is 0 Å². The summed E-state index contributed by atoms with van der Waals surface area (Å²) in [6.07, 6.45) is 6.15. The Morgan fingerprint density at radius 1 is 1.06 bits per heavy atom. The summed E-state index contributed by atoms with van der Waals surface area (Å²) in [5, 5.41) is 0. The Morgan fingerprint density at radius 3 is 2.52 bits per heavy atom. The molecule has 6 nitrogen and oxygen atoms in total. The predicted octanol–water partition coefficient (Wildman–Crippen LogP) is 3.71. The number of benzene rings is 2. The fourth-order valence-corrected chi connectivity index (χ4v) is 6.23. The van der Waals surface area contributed by atoms with Crippen LogP contribution in [0.4, 0.5) is 0 Å². The van der Waals surface area contributed by atoms with Crippen LogP contribution in [0.15, 0.2) is 65.8 Å². The van der Waals surface area contributed by atoms with Gasteiger partial charge in [0.25, 0.3) is 0 Å². The summed E-state index contributed by atoms with van der Waals surface area (Å²) in [4.78, 5) is 19.9. The predicted molar refractivity (Wildman–Crippen MR) is 127 cm³/mol. The zero-order chi connectivity index (χ0) is 23.0. The second-order valence-corrected chi connectivity index (χ2v) is 11.3. The van der Waals surface area contributed by atoms with Gasteiger partial charge in [-0.15, -0.1) is 0 Å². The van der Waals surface area contributed by atoms with Crippen molar-refractivity contribution in [1.82, 2.24) is 14.5 Å². The smallest absolute Gasteiger partial charge is 0.230 e. The van der Waals surface area contributed by atoms with E-state index in [4.69, 9.17) is 0 Å². The molecule has 5 rings (SSSR count). The van der Waals surface area contributed by atoms with E-state index in [0.29, 0.717) is 11.4 Å². The quantitative estimate of drug-likeness (QED) is 0.559. The fourth-order valence-electron chi connectivity index (χ4n) is 5.01. The van der Waals surface area contributed by atoms with Crippen molar-refractivity contribution < 1.29 is 13.2 Å². The van der Waals surface area contributed by atoms with Crippen LogP contribution in [0.1, 0.15) is 47.2 Å². The summed E-state index contributed by atoms with van der Waals surface area (Å²) in [6, 6.07) is 15.2. The first-order chi connectivity index (χ1) is 15.9. The van der Waals surface area contributed by atoms with Crippen LogP contribution in [-0.2, 0) is 27.6 Å². The van der Waals surface area contributed by atoms with Crippen molar-refractivity contribution in [3.8, 4) is 0 Å². The number of hydrogen-bond acceptors (Lipinski definition) is 4. The third kappa shape index (κ3) is 4.34. The molecule has 2 aliphatic rings. The van der Waals surface area contributed by atoms with Gasteiger partial charge in [-0.25, -0.2) is 13.4 Å². The van der Waals surface area contributed by atoms with Crippen LogP contribution in [0.3, 0.4) is 0 Å². The van der Waals surface area contributed by atoms with Crippen molar-refractivity contribution in [2.24, 2.45) is 0 Å². The number of amides is 1. The lowest BCUT2D eigenvalue weighted by molar-refractivity contribution is -0.134. The highest BCUT2D eigenvalue weighted by atomic mass is 32.2. The molecule has 1 atom stereocenters. The van der Waals surface area contributed by atoms with E-state index in [9.17, 15) is 13.2 Å². The molecule has 3 aromatic rings. The molecule has 1 fully saturated rings. The highest BCUT2D eigenvalue weighted by Crippen LogP contribution is 2.37. The first kappa shape index (κ1) is 21.9. The van der Waals surface area contributed by atoms with Crippen LogP contribution in [-0.4, -0.2) is 47.6 Å². The van der Waals surface area contributed by atoms with E-state index < -0.39 is 9.84 Å². The summed E-state index contributed by atoms with van der Waals surface area (Å²) < 4.78 is 27.5. The number of sulfone groups is 1. The molecule has 7 heteroatoms. The number of hydrogen-bond donors (Lipinski definition) is 0. The minimum Gasteiger partial charge on any atom is -0.342 e. The summed E-state index contributed by atoms with van der Waals surface area (Å²) in [5.74, 6) is 1.44. The third-order valence-electron chi connectivity index (χ3n) is 7.05. The Morgan fingerprint density at radius 2 is 1.79 bits per heavy atom. The Hall–Kier alpha value is -2.93. The van der Waals surface area contributed by atoms with Gasteiger partial charge in [0.05, 0.1) is 16.6 Å². The topological polar surface area (TPSA) is 72.3 Å². The second-order valence-electron chi connectivity index (χ2n) is 9.17. The number of aryl methyl sites for hydroxylation is 2. The molecule has 2 aromatic carbocycles. The largest absolute Gasteiger partial charge is 0.342 e. The number of imidazole rings is 1. The lowest BCUT2D eigenvalue weighted by Gasteiger charge is -2.37. The van der Waals surface area contributed by atoms with Gasteiger partial charge in [-0.05, 0) is 49.4 Å². The first-order valence-electron chi connectivity index (χ1n) is 11.6. The molecule has 1 unspecified atom stereocenters. The summed E-state index contributed by atoms with van der Waals surface area (Å²) in [5.41, 5.74) is 3.50. The van der Waals surface area contributed by atoms with Gasteiger partial charge in [0.15, 0.2) is 9.84 Å². The average Bonchev–Trinajstić information content (AvgIpc) is 3.28. The molecule has 1 amide bonds. The van der Waals surface area contributed by atoms with Crippen LogP contribution < -0.4 is 0 Å². The van der Waals surface area contributed by atoms with E-state index in [-0.39, 0.29) is 23.5 Å². The molecule has 0 spiro atoms. The third-order valence-corrected chi connectivity index (χ3v) is 8.76. The van der Waals surface area contributed by atoms with E-state index in [2.05, 4.69) is 17.1 Å². The monoisotopic (exact) mass is 463 g/mol. The van der Waals surface area contributed by atoms with Crippen molar-refractivity contribution >= 4 is 15.7 Å². The van der Waals surface area contributed by atoms with E-state index >= 15 is 0 Å². The summed E-state index contributed by atoms with van der Waals surface area (Å²) >= 11 is 0. The normalized spacial score (nSPS) is 18.6. The van der Waals surface area contributed by atoms with Gasteiger partial charge in [-0.1, -0.05) is 42.0 Å². The van der Waals surface area contributed by atoms with Crippen LogP contribution in [0, 0.1) is 6.92 Å². The number of rotatable bonds is 6. The molecule has 0 saturated carbocycles. The van der Waals surface area contributed by atoms with E-state index in [1.54, 1.807) is 18.3 Å².